The first kappa shape index (κ1) is 17.9. The van der Waals surface area contributed by atoms with Gasteiger partial charge in [0.1, 0.15) is 5.82 Å². The molecule has 1 saturated carbocycles. The highest BCUT2D eigenvalue weighted by Crippen LogP contribution is 2.33. The topological polar surface area (TPSA) is 75.4 Å². The van der Waals surface area contributed by atoms with Crippen LogP contribution in [0.1, 0.15) is 56.6 Å². The van der Waals surface area contributed by atoms with Crippen molar-refractivity contribution in [1.82, 2.24) is 15.4 Å². The molecule has 1 N–H and O–H groups in total. The van der Waals surface area contributed by atoms with Crippen LogP contribution in [-0.4, -0.2) is 41.0 Å². The molecule has 2 aliphatic rings. The Balaban J connectivity index is 1.25. The van der Waals surface area contributed by atoms with Gasteiger partial charge in [-0.2, -0.15) is 0 Å². The highest BCUT2D eigenvalue weighted by atomic mass is 19.1. The Bertz CT molecular complexity index is 838. The Kier molecular flexibility index (Phi) is 5.09. The second-order valence-electron chi connectivity index (χ2n) is 7.56. The summed E-state index contributed by atoms with van der Waals surface area (Å²) < 4.78 is 18.5. The van der Waals surface area contributed by atoms with Crippen molar-refractivity contribution in [2.45, 2.75) is 56.9 Å². The van der Waals surface area contributed by atoms with Crippen LogP contribution in [0.5, 0.6) is 0 Å². The maximum atomic E-state index is 13.3. The summed E-state index contributed by atoms with van der Waals surface area (Å²) in [5, 5.41) is 7.93. The number of benzene rings is 1. The van der Waals surface area contributed by atoms with E-state index in [1.807, 2.05) is 4.90 Å². The minimum Gasteiger partial charge on any atom is -0.356 e. The number of likely N-dealkylation sites (tertiary alicyclic amines) is 1. The number of hydrogen-bond acceptors (Lipinski definition) is 4. The lowest BCUT2D eigenvalue weighted by molar-refractivity contribution is -0.132. The molecule has 6 nitrogen and oxygen atoms in total. The SMILES string of the molecule is O=C(CCCC(=O)N1CCC(c2noc3cc(F)ccc23)CC1)NC1CC1. The predicted molar refractivity (Wildman–Crippen MR) is 97.5 cm³/mol. The van der Waals surface area contributed by atoms with Crippen LogP contribution in [-0.2, 0) is 9.59 Å². The molecule has 0 atom stereocenters. The number of amides is 2. The van der Waals surface area contributed by atoms with E-state index >= 15 is 0 Å². The van der Waals surface area contributed by atoms with Gasteiger partial charge in [0, 0.05) is 49.3 Å². The molecular weight excluding hydrogens is 349 g/mol. The zero-order valence-corrected chi connectivity index (χ0v) is 15.2. The number of carbonyl (C=O) groups is 2. The summed E-state index contributed by atoms with van der Waals surface area (Å²) in [5.41, 5.74) is 1.32. The van der Waals surface area contributed by atoms with Crippen molar-refractivity contribution >= 4 is 22.8 Å². The van der Waals surface area contributed by atoms with Crippen molar-refractivity contribution in [2.24, 2.45) is 0 Å². The predicted octanol–water partition coefficient (Wildman–Crippen LogP) is 3.12. The highest BCUT2D eigenvalue weighted by Gasteiger charge is 2.27. The van der Waals surface area contributed by atoms with Crippen LogP contribution in [0.4, 0.5) is 4.39 Å². The van der Waals surface area contributed by atoms with Gasteiger partial charge < -0.3 is 14.7 Å². The molecule has 4 rings (SSSR count). The fourth-order valence-corrected chi connectivity index (χ4v) is 3.71. The van der Waals surface area contributed by atoms with Crippen molar-refractivity contribution in [3.05, 3.63) is 29.7 Å². The van der Waals surface area contributed by atoms with Crippen LogP contribution < -0.4 is 5.32 Å². The number of nitrogens with zero attached hydrogens (tertiary/aromatic N) is 2. The minimum absolute atomic E-state index is 0.0540. The third kappa shape index (κ3) is 4.28. The lowest BCUT2D eigenvalue weighted by Gasteiger charge is -2.31. The van der Waals surface area contributed by atoms with Crippen LogP contribution in [0.25, 0.3) is 11.0 Å². The third-order valence-corrected chi connectivity index (χ3v) is 5.43. The maximum Gasteiger partial charge on any atom is 0.222 e. The molecule has 2 fully saturated rings. The number of piperidine rings is 1. The first-order chi connectivity index (χ1) is 13.1. The Labute approximate surface area is 157 Å². The van der Waals surface area contributed by atoms with Crippen molar-refractivity contribution in [2.75, 3.05) is 13.1 Å². The lowest BCUT2D eigenvalue weighted by Crippen LogP contribution is -2.38. The number of carbonyl (C=O) groups excluding carboxylic acids is 2. The lowest BCUT2D eigenvalue weighted by atomic mass is 9.91. The highest BCUT2D eigenvalue weighted by molar-refractivity contribution is 5.80. The Morgan fingerprint density at radius 3 is 2.70 bits per heavy atom. The molecule has 2 heterocycles. The van der Waals surface area contributed by atoms with E-state index in [2.05, 4.69) is 10.5 Å². The third-order valence-electron chi connectivity index (χ3n) is 5.43. The molecular formula is C20H24FN3O3. The zero-order valence-electron chi connectivity index (χ0n) is 15.2. The van der Waals surface area contributed by atoms with Crippen LogP contribution in [0.15, 0.2) is 22.7 Å². The zero-order chi connectivity index (χ0) is 18.8. The van der Waals surface area contributed by atoms with Gasteiger partial charge in [0.2, 0.25) is 11.8 Å². The molecule has 1 saturated heterocycles. The Hall–Kier alpha value is -2.44. The molecule has 2 amide bonds. The summed E-state index contributed by atoms with van der Waals surface area (Å²) in [6.45, 7) is 1.35. The van der Waals surface area contributed by atoms with E-state index in [1.54, 1.807) is 6.07 Å². The van der Waals surface area contributed by atoms with E-state index in [-0.39, 0.29) is 23.5 Å². The van der Waals surface area contributed by atoms with Gasteiger partial charge in [0.25, 0.3) is 0 Å². The van der Waals surface area contributed by atoms with E-state index in [4.69, 9.17) is 4.52 Å². The molecule has 27 heavy (non-hydrogen) atoms. The molecule has 1 aliphatic carbocycles. The molecule has 0 bridgehead atoms. The summed E-state index contributed by atoms with van der Waals surface area (Å²) >= 11 is 0. The first-order valence-electron chi connectivity index (χ1n) is 9.72. The number of rotatable bonds is 6. The summed E-state index contributed by atoms with van der Waals surface area (Å²) in [6.07, 6.45) is 5.20. The fourth-order valence-electron chi connectivity index (χ4n) is 3.71. The van der Waals surface area contributed by atoms with Crippen molar-refractivity contribution < 1.29 is 18.5 Å². The molecule has 0 radical (unpaired) electrons. The van der Waals surface area contributed by atoms with Gasteiger partial charge in [0.15, 0.2) is 5.58 Å². The molecule has 1 aliphatic heterocycles. The van der Waals surface area contributed by atoms with Gasteiger partial charge in [-0.1, -0.05) is 5.16 Å². The van der Waals surface area contributed by atoms with E-state index in [9.17, 15) is 14.0 Å². The van der Waals surface area contributed by atoms with Gasteiger partial charge >= 0.3 is 0 Å². The summed E-state index contributed by atoms with van der Waals surface area (Å²) in [5.74, 6) is 0.0413. The second kappa shape index (κ2) is 7.66. The van der Waals surface area contributed by atoms with E-state index in [0.29, 0.717) is 44.0 Å². The van der Waals surface area contributed by atoms with Crippen molar-refractivity contribution in [3.8, 4) is 0 Å². The minimum atomic E-state index is -0.337. The van der Waals surface area contributed by atoms with Crippen LogP contribution in [0.2, 0.25) is 0 Å². The molecule has 0 unspecified atom stereocenters. The van der Waals surface area contributed by atoms with Crippen molar-refractivity contribution in [1.29, 1.82) is 0 Å². The number of halogens is 1. The van der Waals surface area contributed by atoms with E-state index in [0.717, 1.165) is 36.8 Å². The molecule has 1 aromatic carbocycles. The molecule has 7 heteroatoms. The molecule has 0 spiro atoms. The van der Waals surface area contributed by atoms with Gasteiger partial charge in [-0.25, -0.2) is 4.39 Å². The Morgan fingerprint density at radius 1 is 1.19 bits per heavy atom. The molecule has 2 aromatic rings. The van der Waals surface area contributed by atoms with Crippen molar-refractivity contribution in [3.63, 3.8) is 0 Å². The molecule has 1 aromatic heterocycles. The smallest absolute Gasteiger partial charge is 0.222 e. The average molecular weight is 373 g/mol. The first-order valence-corrected chi connectivity index (χ1v) is 9.72. The number of nitrogens with one attached hydrogen (secondary N) is 1. The summed E-state index contributed by atoms with van der Waals surface area (Å²) in [4.78, 5) is 25.9. The van der Waals surface area contributed by atoms with Gasteiger partial charge in [-0.15, -0.1) is 0 Å². The van der Waals surface area contributed by atoms with Crippen LogP contribution >= 0.6 is 0 Å². The molecule has 144 valence electrons. The van der Waals surface area contributed by atoms with Gasteiger partial charge in [0.05, 0.1) is 5.69 Å². The average Bonchev–Trinajstić information content (AvgIpc) is 3.38. The Morgan fingerprint density at radius 2 is 1.96 bits per heavy atom. The monoisotopic (exact) mass is 373 g/mol. The number of fused-ring (bicyclic) bond motifs is 1. The van der Waals surface area contributed by atoms with Gasteiger partial charge in [-0.05, 0) is 44.2 Å². The largest absolute Gasteiger partial charge is 0.356 e. The van der Waals surface area contributed by atoms with Gasteiger partial charge in [-0.3, -0.25) is 9.59 Å². The van der Waals surface area contributed by atoms with E-state index in [1.165, 1.54) is 12.1 Å². The fraction of sp³-hybridized carbons (Fsp3) is 0.550. The number of aromatic nitrogens is 1. The van der Waals surface area contributed by atoms with E-state index < -0.39 is 0 Å². The standard InChI is InChI=1S/C20H24FN3O3/c21-14-4-7-16-17(12-14)27-23-20(16)13-8-10-24(11-9-13)19(26)3-1-2-18(25)22-15-5-6-15/h4,7,12-13,15H,1-3,5-6,8-11H2,(H,22,25). The summed E-state index contributed by atoms with van der Waals surface area (Å²) in [7, 11) is 0. The summed E-state index contributed by atoms with van der Waals surface area (Å²) in [6, 6.07) is 4.85. The van der Waals surface area contributed by atoms with Crippen LogP contribution in [0, 0.1) is 5.82 Å². The maximum absolute atomic E-state index is 13.3. The normalized spacial score (nSPS) is 18.0. The quantitative estimate of drug-likeness (QED) is 0.844. The van der Waals surface area contributed by atoms with Crippen LogP contribution in [0.3, 0.4) is 0 Å². The second-order valence-corrected chi connectivity index (χ2v) is 7.56. The number of hydrogen-bond donors (Lipinski definition) is 1.